The molecule has 1 aromatic heterocycles. The Kier molecular flexibility index (Phi) is 2.73. The van der Waals surface area contributed by atoms with E-state index < -0.39 is 0 Å². The number of fused-ring (bicyclic) bond motifs is 1. The molecule has 2 heteroatoms. The van der Waals surface area contributed by atoms with Crippen molar-refractivity contribution in [3.05, 3.63) is 41.6 Å². The third-order valence-corrected chi connectivity index (χ3v) is 2.73. The van der Waals surface area contributed by atoms with Gasteiger partial charge in [-0.15, -0.1) is 0 Å². The Balaban J connectivity index is 2.73. The molecule has 0 fully saturated rings. The van der Waals surface area contributed by atoms with E-state index in [1.54, 1.807) is 13.0 Å². The van der Waals surface area contributed by atoms with Gasteiger partial charge in [-0.2, -0.15) is 0 Å². The molecule has 1 aromatic carbocycles. The van der Waals surface area contributed by atoms with Crippen molar-refractivity contribution in [2.24, 2.45) is 0 Å². The molecule has 0 amide bonds. The molecular formula is C14H15NO. The minimum atomic E-state index is 0.0143. The summed E-state index contributed by atoms with van der Waals surface area (Å²) >= 11 is 0. The SMILES string of the molecule is CC(=O)c1ccc2cccc(C(C)C)c2n1. The third kappa shape index (κ3) is 1.83. The van der Waals surface area contributed by atoms with Crippen LogP contribution in [0.25, 0.3) is 10.9 Å². The van der Waals surface area contributed by atoms with Crippen LogP contribution in [0.15, 0.2) is 30.3 Å². The quantitative estimate of drug-likeness (QED) is 0.714. The van der Waals surface area contributed by atoms with Crippen LogP contribution in [0.1, 0.15) is 42.7 Å². The number of hydrogen-bond acceptors (Lipinski definition) is 2. The van der Waals surface area contributed by atoms with E-state index in [2.05, 4.69) is 24.9 Å². The summed E-state index contributed by atoms with van der Waals surface area (Å²) in [4.78, 5) is 15.8. The number of rotatable bonds is 2. The fraction of sp³-hybridized carbons (Fsp3) is 0.286. The van der Waals surface area contributed by atoms with Crippen molar-refractivity contribution in [2.45, 2.75) is 26.7 Å². The molecule has 1 heterocycles. The summed E-state index contributed by atoms with van der Waals surface area (Å²) in [7, 11) is 0. The average molecular weight is 213 g/mol. The summed E-state index contributed by atoms with van der Waals surface area (Å²) in [5, 5.41) is 1.09. The molecule has 0 N–H and O–H groups in total. The van der Waals surface area contributed by atoms with Crippen LogP contribution < -0.4 is 0 Å². The van der Waals surface area contributed by atoms with E-state index >= 15 is 0 Å². The largest absolute Gasteiger partial charge is 0.293 e. The van der Waals surface area contributed by atoms with Gasteiger partial charge in [0.05, 0.1) is 5.52 Å². The van der Waals surface area contributed by atoms with Crippen LogP contribution in [0.2, 0.25) is 0 Å². The first-order chi connectivity index (χ1) is 7.59. The van der Waals surface area contributed by atoms with Gasteiger partial charge in [-0.1, -0.05) is 38.1 Å². The van der Waals surface area contributed by atoms with Crippen LogP contribution >= 0.6 is 0 Å². The molecule has 0 spiro atoms. The van der Waals surface area contributed by atoms with Gasteiger partial charge in [-0.25, -0.2) is 4.98 Å². The maximum Gasteiger partial charge on any atom is 0.178 e. The highest BCUT2D eigenvalue weighted by atomic mass is 16.1. The Morgan fingerprint density at radius 2 is 1.94 bits per heavy atom. The van der Waals surface area contributed by atoms with Crippen molar-refractivity contribution < 1.29 is 4.79 Å². The van der Waals surface area contributed by atoms with Crippen LogP contribution in [0.4, 0.5) is 0 Å². The molecule has 0 saturated heterocycles. The Hall–Kier alpha value is -1.70. The number of carbonyl (C=O) groups is 1. The first-order valence-corrected chi connectivity index (χ1v) is 5.50. The van der Waals surface area contributed by atoms with Gasteiger partial charge in [-0.3, -0.25) is 4.79 Å². The van der Waals surface area contributed by atoms with Gasteiger partial charge in [0.2, 0.25) is 0 Å². The summed E-state index contributed by atoms with van der Waals surface area (Å²) in [6.07, 6.45) is 0. The molecule has 16 heavy (non-hydrogen) atoms. The number of carbonyl (C=O) groups excluding carboxylic acids is 1. The summed E-state index contributed by atoms with van der Waals surface area (Å²) in [6, 6.07) is 9.88. The normalized spacial score (nSPS) is 11.0. The molecule has 0 unspecified atom stereocenters. The van der Waals surface area contributed by atoms with Crippen LogP contribution in [-0.4, -0.2) is 10.8 Å². The molecule has 0 aliphatic carbocycles. The van der Waals surface area contributed by atoms with Crippen LogP contribution in [0, 0.1) is 0 Å². The summed E-state index contributed by atoms with van der Waals surface area (Å²) in [6.45, 7) is 5.82. The topological polar surface area (TPSA) is 30.0 Å². The van der Waals surface area contributed by atoms with E-state index in [1.807, 2.05) is 18.2 Å². The van der Waals surface area contributed by atoms with E-state index in [4.69, 9.17) is 0 Å². The lowest BCUT2D eigenvalue weighted by atomic mass is 9.99. The van der Waals surface area contributed by atoms with Crippen LogP contribution in [-0.2, 0) is 0 Å². The van der Waals surface area contributed by atoms with Crippen molar-refractivity contribution in [2.75, 3.05) is 0 Å². The number of para-hydroxylation sites is 1. The number of nitrogens with zero attached hydrogens (tertiary/aromatic N) is 1. The zero-order chi connectivity index (χ0) is 11.7. The second kappa shape index (κ2) is 4.05. The molecule has 0 aliphatic rings. The van der Waals surface area contributed by atoms with Crippen molar-refractivity contribution in [3.8, 4) is 0 Å². The van der Waals surface area contributed by atoms with Gasteiger partial charge in [-0.05, 0) is 17.5 Å². The Morgan fingerprint density at radius 3 is 2.56 bits per heavy atom. The van der Waals surface area contributed by atoms with Crippen molar-refractivity contribution >= 4 is 16.7 Å². The lowest BCUT2D eigenvalue weighted by Gasteiger charge is -2.09. The predicted molar refractivity (Wildman–Crippen MR) is 65.8 cm³/mol. The Labute approximate surface area is 95.3 Å². The van der Waals surface area contributed by atoms with E-state index in [0.29, 0.717) is 11.6 Å². The van der Waals surface area contributed by atoms with Crippen molar-refractivity contribution in [1.82, 2.24) is 4.98 Å². The molecule has 82 valence electrons. The monoisotopic (exact) mass is 213 g/mol. The molecule has 0 radical (unpaired) electrons. The minimum absolute atomic E-state index is 0.0143. The summed E-state index contributed by atoms with van der Waals surface area (Å²) in [5.41, 5.74) is 2.69. The van der Waals surface area contributed by atoms with Gasteiger partial charge in [0.25, 0.3) is 0 Å². The maximum atomic E-state index is 11.3. The zero-order valence-electron chi connectivity index (χ0n) is 9.82. The van der Waals surface area contributed by atoms with Gasteiger partial charge in [0.15, 0.2) is 5.78 Å². The molecule has 0 bridgehead atoms. The Bertz CT molecular complexity index is 543. The fourth-order valence-electron chi connectivity index (χ4n) is 1.83. The van der Waals surface area contributed by atoms with E-state index in [9.17, 15) is 4.79 Å². The molecule has 2 nitrogen and oxygen atoms in total. The first-order valence-electron chi connectivity index (χ1n) is 5.50. The number of pyridine rings is 1. The van der Waals surface area contributed by atoms with Gasteiger partial charge in [0, 0.05) is 12.3 Å². The molecule has 0 aliphatic heterocycles. The lowest BCUT2D eigenvalue weighted by molar-refractivity contribution is 0.101. The maximum absolute atomic E-state index is 11.3. The fourth-order valence-corrected chi connectivity index (χ4v) is 1.83. The summed E-state index contributed by atoms with van der Waals surface area (Å²) in [5.74, 6) is 0.430. The van der Waals surface area contributed by atoms with E-state index in [0.717, 1.165) is 10.9 Å². The highest BCUT2D eigenvalue weighted by Gasteiger charge is 2.08. The average Bonchev–Trinajstić information content (AvgIpc) is 2.27. The van der Waals surface area contributed by atoms with Crippen LogP contribution in [0.3, 0.4) is 0 Å². The van der Waals surface area contributed by atoms with Gasteiger partial charge >= 0.3 is 0 Å². The highest BCUT2D eigenvalue weighted by Crippen LogP contribution is 2.23. The first kappa shape index (κ1) is 10.8. The van der Waals surface area contributed by atoms with Gasteiger partial charge < -0.3 is 0 Å². The number of aromatic nitrogens is 1. The predicted octanol–water partition coefficient (Wildman–Crippen LogP) is 3.56. The Morgan fingerprint density at radius 1 is 1.19 bits per heavy atom. The molecule has 0 saturated carbocycles. The summed E-state index contributed by atoms with van der Waals surface area (Å²) < 4.78 is 0. The lowest BCUT2D eigenvalue weighted by Crippen LogP contribution is -1.99. The molecular weight excluding hydrogens is 198 g/mol. The van der Waals surface area contributed by atoms with Crippen molar-refractivity contribution in [3.63, 3.8) is 0 Å². The standard InChI is InChI=1S/C14H15NO/c1-9(2)12-6-4-5-11-7-8-13(10(3)16)15-14(11)12/h4-9H,1-3H3. The van der Waals surface area contributed by atoms with E-state index in [1.165, 1.54) is 5.56 Å². The van der Waals surface area contributed by atoms with Crippen LogP contribution in [0.5, 0.6) is 0 Å². The number of Topliss-reactive ketones (excluding diaryl/α,β-unsaturated/α-hetero) is 1. The second-order valence-electron chi connectivity index (χ2n) is 4.33. The number of benzene rings is 1. The molecule has 0 atom stereocenters. The van der Waals surface area contributed by atoms with Gasteiger partial charge in [0.1, 0.15) is 5.69 Å². The zero-order valence-corrected chi connectivity index (χ0v) is 9.82. The smallest absolute Gasteiger partial charge is 0.178 e. The van der Waals surface area contributed by atoms with E-state index in [-0.39, 0.29) is 5.78 Å². The second-order valence-corrected chi connectivity index (χ2v) is 4.33. The minimum Gasteiger partial charge on any atom is -0.293 e. The highest BCUT2D eigenvalue weighted by molar-refractivity contribution is 5.95. The number of ketones is 1. The molecule has 2 rings (SSSR count). The molecule has 2 aromatic rings. The number of hydrogen-bond donors (Lipinski definition) is 0. The third-order valence-electron chi connectivity index (χ3n) is 2.73. The van der Waals surface area contributed by atoms with Crippen molar-refractivity contribution in [1.29, 1.82) is 0 Å².